The number of amides is 2. The largest absolute Gasteiger partial charge is 0.326 e. The summed E-state index contributed by atoms with van der Waals surface area (Å²) in [6, 6.07) is 6.67. The number of hydrogen-bond donors (Lipinski definition) is 2. The summed E-state index contributed by atoms with van der Waals surface area (Å²) in [6.45, 7) is 3.62. The number of pyridine rings is 1. The Kier molecular flexibility index (Phi) is 4.90. The van der Waals surface area contributed by atoms with Gasteiger partial charge in [-0.1, -0.05) is 18.5 Å². The van der Waals surface area contributed by atoms with E-state index in [1.54, 1.807) is 42.9 Å². The molecule has 0 spiro atoms. The number of aryl methyl sites for hydroxylation is 2. The molecule has 0 fully saturated rings. The van der Waals surface area contributed by atoms with Gasteiger partial charge in [-0.25, -0.2) is 4.98 Å². The van der Waals surface area contributed by atoms with Crippen molar-refractivity contribution in [2.75, 3.05) is 10.6 Å². The van der Waals surface area contributed by atoms with Crippen LogP contribution >= 0.6 is 11.6 Å². The Labute approximate surface area is 155 Å². The summed E-state index contributed by atoms with van der Waals surface area (Å²) in [5, 5.41) is 11.0. The molecule has 2 N–H and O–H groups in total. The number of rotatable bonds is 4. The number of nitrogens with one attached hydrogen (secondary N) is 2. The summed E-state index contributed by atoms with van der Waals surface area (Å²) in [6.07, 6.45) is 1.86. The lowest BCUT2D eigenvalue weighted by Gasteiger charge is -2.10. The average Bonchev–Trinajstić information content (AvgIpc) is 2.91. The third kappa shape index (κ3) is 3.52. The molecular weight excluding hydrogens is 354 g/mol. The molecular formula is C18H18ClN5O2. The van der Waals surface area contributed by atoms with Crippen LogP contribution < -0.4 is 10.6 Å². The summed E-state index contributed by atoms with van der Waals surface area (Å²) in [4.78, 5) is 28.4. The summed E-state index contributed by atoms with van der Waals surface area (Å²) in [5.41, 5.74) is 2.88. The van der Waals surface area contributed by atoms with Crippen LogP contribution in [0.5, 0.6) is 0 Å². The van der Waals surface area contributed by atoms with E-state index in [-0.39, 0.29) is 11.8 Å². The topological polar surface area (TPSA) is 88.9 Å². The van der Waals surface area contributed by atoms with Crippen LogP contribution in [-0.4, -0.2) is 26.6 Å². The Balaban J connectivity index is 1.86. The van der Waals surface area contributed by atoms with E-state index < -0.39 is 0 Å². The Morgan fingerprint density at radius 2 is 2.00 bits per heavy atom. The van der Waals surface area contributed by atoms with Gasteiger partial charge < -0.3 is 10.6 Å². The van der Waals surface area contributed by atoms with Crippen molar-refractivity contribution in [3.8, 4) is 0 Å². The first kappa shape index (κ1) is 17.9. The first-order valence-electron chi connectivity index (χ1n) is 8.09. The van der Waals surface area contributed by atoms with Crippen LogP contribution in [0.25, 0.3) is 11.0 Å². The number of benzene rings is 1. The van der Waals surface area contributed by atoms with Gasteiger partial charge in [-0.15, -0.1) is 0 Å². The molecule has 3 aromatic rings. The second-order valence-electron chi connectivity index (χ2n) is 5.85. The van der Waals surface area contributed by atoms with Gasteiger partial charge in [0.15, 0.2) is 5.65 Å². The highest BCUT2D eigenvalue weighted by Crippen LogP contribution is 2.26. The van der Waals surface area contributed by atoms with Crippen molar-refractivity contribution in [3.05, 3.63) is 46.7 Å². The lowest BCUT2D eigenvalue weighted by Crippen LogP contribution is -2.14. The summed E-state index contributed by atoms with van der Waals surface area (Å²) >= 11 is 6.17. The van der Waals surface area contributed by atoms with E-state index in [2.05, 4.69) is 20.7 Å². The minimum atomic E-state index is -0.344. The standard InChI is InChI=1S/C18H18ClN5O2/c1-4-16(25)21-12-5-6-14(19)15(8-12)22-18(26)11-7-13-10(2)23-24(3)17(13)20-9-11/h5-9H,4H2,1-3H3,(H,21,25)(H,22,26). The molecule has 3 rings (SSSR count). The maximum Gasteiger partial charge on any atom is 0.257 e. The van der Waals surface area contributed by atoms with Crippen LogP contribution in [0.15, 0.2) is 30.5 Å². The van der Waals surface area contributed by atoms with Crippen molar-refractivity contribution < 1.29 is 9.59 Å². The minimum Gasteiger partial charge on any atom is -0.326 e. The molecule has 0 bridgehead atoms. The Hall–Kier alpha value is -2.93. The summed E-state index contributed by atoms with van der Waals surface area (Å²) in [5.74, 6) is -0.463. The highest BCUT2D eigenvalue weighted by Gasteiger charge is 2.14. The Bertz CT molecular complexity index is 1010. The van der Waals surface area contributed by atoms with Crippen LogP contribution in [0.4, 0.5) is 11.4 Å². The second kappa shape index (κ2) is 7.13. The van der Waals surface area contributed by atoms with Crippen LogP contribution in [-0.2, 0) is 11.8 Å². The van der Waals surface area contributed by atoms with Gasteiger partial charge in [0.05, 0.1) is 22.0 Å². The number of anilines is 2. The zero-order valence-corrected chi connectivity index (χ0v) is 15.4. The lowest BCUT2D eigenvalue weighted by atomic mass is 10.2. The monoisotopic (exact) mass is 371 g/mol. The van der Waals surface area contributed by atoms with Crippen molar-refractivity contribution in [3.63, 3.8) is 0 Å². The SMILES string of the molecule is CCC(=O)Nc1ccc(Cl)c(NC(=O)c2cnc3c(c2)c(C)nn3C)c1. The molecule has 7 nitrogen and oxygen atoms in total. The highest BCUT2D eigenvalue weighted by atomic mass is 35.5. The van der Waals surface area contributed by atoms with Crippen LogP contribution in [0.2, 0.25) is 5.02 Å². The highest BCUT2D eigenvalue weighted by molar-refractivity contribution is 6.34. The third-order valence-electron chi connectivity index (χ3n) is 3.94. The van der Waals surface area contributed by atoms with E-state index in [4.69, 9.17) is 11.6 Å². The molecule has 0 aliphatic carbocycles. The predicted octanol–water partition coefficient (Wildman–Crippen LogP) is 3.53. The normalized spacial score (nSPS) is 10.8. The number of nitrogens with zero attached hydrogens (tertiary/aromatic N) is 3. The molecule has 0 radical (unpaired) electrons. The number of hydrogen-bond acceptors (Lipinski definition) is 4. The molecule has 0 unspecified atom stereocenters. The van der Waals surface area contributed by atoms with Gasteiger partial charge in [0, 0.05) is 30.7 Å². The molecule has 2 amide bonds. The molecule has 0 saturated heterocycles. The molecule has 26 heavy (non-hydrogen) atoms. The van der Waals surface area contributed by atoms with Crippen molar-refractivity contribution in [2.45, 2.75) is 20.3 Å². The fourth-order valence-corrected chi connectivity index (χ4v) is 2.74. The first-order valence-corrected chi connectivity index (χ1v) is 8.47. The quantitative estimate of drug-likeness (QED) is 0.734. The van der Waals surface area contributed by atoms with Crippen molar-refractivity contribution >= 4 is 45.8 Å². The molecule has 2 heterocycles. The molecule has 1 aromatic carbocycles. The number of carbonyl (C=O) groups excluding carboxylic acids is 2. The van der Waals surface area contributed by atoms with Gasteiger partial charge in [0.25, 0.3) is 5.91 Å². The number of carbonyl (C=O) groups is 2. The maximum atomic E-state index is 12.6. The fourth-order valence-electron chi connectivity index (χ4n) is 2.57. The number of fused-ring (bicyclic) bond motifs is 1. The van der Waals surface area contributed by atoms with Gasteiger partial charge in [-0.2, -0.15) is 5.10 Å². The minimum absolute atomic E-state index is 0.119. The molecule has 2 aromatic heterocycles. The van der Waals surface area contributed by atoms with Crippen molar-refractivity contribution in [1.29, 1.82) is 0 Å². The van der Waals surface area contributed by atoms with Crippen LogP contribution in [0.1, 0.15) is 29.4 Å². The first-order chi connectivity index (χ1) is 12.4. The van der Waals surface area contributed by atoms with Gasteiger partial charge in [0.2, 0.25) is 5.91 Å². The van der Waals surface area contributed by atoms with E-state index in [0.29, 0.717) is 34.0 Å². The van der Waals surface area contributed by atoms with E-state index >= 15 is 0 Å². The van der Waals surface area contributed by atoms with Gasteiger partial charge >= 0.3 is 0 Å². The molecule has 0 aliphatic rings. The molecule has 0 aliphatic heterocycles. The molecule has 0 saturated carbocycles. The van der Waals surface area contributed by atoms with Crippen LogP contribution in [0, 0.1) is 6.92 Å². The zero-order chi connectivity index (χ0) is 18.8. The van der Waals surface area contributed by atoms with E-state index in [1.165, 1.54) is 6.20 Å². The lowest BCUT2D eigenvalue weighted by molar-refractivity contribution is -0.115. The third-order valence-corrected chi connectivity index (χ3v) is 4.27. The number of aromatic nitrogens is 3. The number of halogens is 1. The second-order valence-corrected chi connectivity index (χ2v) is 6.26. The maximum absolute atomic E-state index is 12.6. The Morgan fingerprint density at radius 1 is 1.23 bits per heavy atom. The average molecular weight is 372 g/mol. The van der Waals surface area contributed by atoms with Gasteiger partial charge in [-0.05, 0) is 31.2 Å². The van der Waals surface area contributed by atoms with E-state index in [9.17, 15) is 9.59 Å². The smallest absolute Gasteiger partial charge is 0.257 e. The van der Waals surface area contributed by atoms with Crippen molar-refractivity contribution in [1.82, 2.24) is 14.8 Å². The van der Waals surface area contributed by atoms with Gasteiger partial charge in [0.1, 0.15) is 0 Å². The molecule has 0 atom stereocenters. The Morgan fingerprint density at radius 3 is 2.73 bits per heavy atom. The predicted molar refractivity (Wildman–Crippen MR) is 102 cm³/mol. The fraction of sp³-hybridized carbons (Fsp3) is 0.222. The molecule has 134 valence electrons. The molecule has 8 heteroatoms. The van der Waals surface area contributed by atoms with E-state index in [0.717, 1.165) is 11.1 Å². The van der Waals surface area contributed by atoms with E-state index in [1.807, 2.05) is 6.92 Å². The van der Waals surface area contributed by atoms with Crippen molar-refractivity contribution in [2.24, 2.45) is 7.05 Å². The summed E-state index contributed by atoms with van der Waals surface area (Å²) in [7, 11) is 1.80. The van der Waals surface area contributed by atoms with Gasteiger partial charge in [-0.3, -0.25) is 14.3 Å². The summed E-state index contributed by atoms with van der Waals surface area (Å²) < 4.78 is 1.67. The van der Waals surface area contributed by atoms with Crippen LogP contribution in [0.3, 0.4) is 0 Å². The zero-order valence-electron chi connectivity index (χ0n) is 14.6.